The van der Waals surface area contributed by atoms with Gasteiger partial charge in [-0.2, -0.15) is 0 Å². The summed E-state index contributed by atoms with van der Waals surface area (Å²) in [5.41, 5.74) is 3.59. The minimum absolute atomic E-state index is 0.808. The van der Waals surface area contributed by atoms with Gasteiger partial charge in [0, 0.05) is 6.54 Å². The van der Waals surface area contributed by atoms with Gasteiger partial charge >= 0.3 is 0 Å². The summed E-state index contributed by atoms with van der Waals surface area (Å²) in [6.45, 7) is 5.11. The van der Waals surface area contributed by atoms with Crippen molar-refractivity contribution >= 4 is 23.3 Å². The quantitative estimate of drug-likeness (QED) is 0.689. The molecular weight excluding hydrogens is 180 g/mol. The number of nitrogens with zero attached hydrogens (tertiary/aromatic N) is 1. The lowest BCUT2D eigenvalue weighted by Crippen LogP contribution is -1.92. The van der Waals surface area contributed by atoms with Crippen molar-refractivity contribution in [2.45, 2.75) is 20.4 Å². The summed E-state index contributed by atoms with van der Waals surface area (Å²) in [7, 11) is 0. The number of hydrogen-bond acceptors (Lipinski definition) is 1. The number of fused-ring (bicyclic) bond motifs is 1. The summed E-state index contributed by atoms with van der Waals surface area (Å²) in [5.74, 6) is 0. The third kappa shape index (κ3) is 1.29. The van der Waals surface area contributed by atoms with Gasteiger partial charge in [0.1, 0.15) is 0 Å². The van der Waals surface area contributed by atoms with Gasteiger partial charge in [0.15, 0.2) is 4.77 Å². The highest BCUT2D eigenvalue weighted by Gasteiger charge is 2.01. The summed E-state index contributed by atoms with van der Waals surface area (Å²) in [6, 6.07) is 6.32. The smallest absolute Gasteiger partial charge is 0.178 e. The Balaban J connectivity index is 2.89. The molecule has 0 saturated carbocycles. The molecule has 0 unspecified atom stereocenters. The van der Waals surface area contributed by atoms with Crippen LogP contribution in [0, 0.1) is 11.7 Å². The van der Waals surface area contributed by atoms with Crippen LogP contribution in [0.2, 0.25) is 0 Å². The molecule has 2 rings (SSSR count). The van der Waals surface area contributed by atoms with E-state index >= 15 is 0 Å². The van der Waals surface area contributed by atoms with Crippen molar-refractivity contribution in [1.29, 1.82) is 0 Å². The highest BCUT2D eigenvalue weighted by molar-refractivity contribution is 7.71. The number of aromatic amines is 1. The van der Waals surface area contributed by atoms with E-state index in [1.807, 2.05) is 0 Å². The number of H-pyrrole nitrogens is 1. The van der Waals surface area contributed by atoms with E-state index in [-0.39, 0.29) is 0 Å². The van der Waals surface area contributed by atoms with E-state index in [0.29, 0.717) is 0 Å². The second kappa shape index (κ2) is 3.00. The van der Waals surface area contributed by atoms with E-state index in [0.717, 1.165) is 16.8 Å². The monoisotopic (exact) mass is 192 g/mol. The van der Waals surface area contributed by atoms with E-state index in [9.17, 15) is 0 Å². The topological polar surface area (TPSA) is 20.7 Å². The molecule has 0 aliphatic rings. The molecule has 2 aromatic rings. The van der Waals surface area contributed by atoms with Gasteiger partial charge in [-0.25, -0.2) is 0 Å². The maximum Gasteiger partial charge on any atom is 0.178 e. The summed E-state index contributed by atoms with van der Waals surface area (Å²) < 4.78 is 2.92. The summed E-state index contributed by atoms with van der Waals surface area (Å²) >= 11 is 5.20. The maximum absolute atomic E-state index is 5.20. The Morgan fingerprint density at radius 1 is 1.46 bits per heavy atom. The largest absolute Gasteiger partial charge is 0.331 e. The molecule has 0 aliphatic heterocycles. The molecule has 0 spiro atoms. The predicted octanol–water partition coefficient (Wildman–Crippen LogP) is 3.03. The first kappa shape index (κ1) is 8.51. The van der Waals surface area contributed by atoms with Crippen LogP contribution in [0.3, 0.4) is 0 Å². The summed E-state index contributed by atoms with van der Waals surface area (Å²) in [6.07, 6.45) is 0. The number of aryl methyl sites for hydroxylation is 2. The Morgan fingerprint density at radius 3 is 2.92 bits per heavy atom. The van der Waals surface area contributed by atoms with Crippen LogP contribution in [0.1, 0.15) is 12.5 Å². The van der Waals surface area contributed by atoms with Crippen LogP contribution in [0.15, 0.2) is 18.2 Å². The van der Waals surface area contributed by atoms with Gasteiger partial charge in [0.2, 0.25) is 0 Å². The SMILES string of the molecule is CCn1c(=S)[nH]c2ccc(C)cc21. The molecule has 0 aliphatic carbocycles. The zero-order chi connectivity index (χ0) is 9.42. The Labute approximate surface area is 82.2 Å². The Bertz CT molecular complexity index is 493. The molecule has 0 bridgehead atoms. The van der Waals surface area contributed by atoms with Crippen molar-refractivity contribution in [2.24, 2.45) is 0 Å². The molecule has 1 heterocycles. The molecule has 0 atom stereocenters. The summed E-state index contributed by atoms with van der Waals surface area (Å²) in [4.78, 5) is 3.18. The Morgan fingerprint density at radius 2 is 2.23 bits per heavy atom. The van der Waals surface area contributed by atoms with Crippen LogP contribution in [0.5, 0.6) is 0 Å². The third-order valence-corrected chi connectivity index (χ3v) is 2.57. The molecule has 68 valence electrons. The molecule has 13 heavy (non-hydrogen) atoms. The second-order valence-electron chi connectivity index (χ2n) is 3.20. The molecule has 1 N–H and O–H groups in total. The molecule has 0 radical (unpaired) electrons. The first-order valence-corrected chi connectivity index (χ1v) is 4.82. The third-order valence-electron chi connectivity index (χ3n) is 2.25. The standard InChI is InChI=1S/C10H12N2S/c1-3-12-9-6-7(2)4-5-8(9)11-10(12)13/h4-6H,3H2,1-2H3,(H,11,13). The van der Waals surface area contributed by atoms with Crippen LogP contribution in [-0.4, -0.2) is 9.55 Å². The summed E-state index contributed by atoms with van der Waals surface area (Å²) in [5, 5.41) is 0. The molecule has 0 saturated heterocycles. The number of nitrogens with one attached hydrogen (secondary N) is 1. The van der Waals surface area contributed by atoms with Crippen molar-refractivity contribution < 1.29 is 0 Å². The average Bonchev–Trinajstić information content (AvgIpc) is 2.40. The fourth-order valence-corrected chi connectivity index (χ4v) is 1.91. The van der Waals surface area contributed by atoms with E-state index < -0.39 is 0 Å². The van der Waals surface area contributed by atoms with Gasteiger partial charge in [-0.15, -0.1) is 0 Å². The van der Waals surface area contributed by atoms with Gasteiger partial charge in [0.05, 0.1) is 11.0 Å². The first-order chi connectivity index (χ1) is 6.22. The molecule has 1 aromatic heterocycles. The first-order valence-electron chi connectivity index (χ1n) is 4.41. The van der Waals surface area contributed by atoms with Crippen molar-refractivity contribution in [3.63, 3.8) is 0 Å². The van der Waals surface area contributed by atoms with Crippen LogP contribution >= 0.6 is 12.2 Å². The zero-order valence-electron chi connectivity index (χ0n) is 7.79. The van der Waals surface area contributed by atoms with Gasteiger partial charge in [-0.05, 0) is 43.8 Å². The van der Waals surface area contributed by atoms with Crippen molar-refractivity contribution in [1.82, 2.24) is 9.55 Å². The van der Waals surface area contributed by atoms with Gasteiger partial charge in [0.25, 0.3) is 0 Å². The second-order valence-corrected chi connectivity index (χ2v) is 3.58. The lowest BCUT2D eigenvalue weighted by Gasteiger charge is -1.99. The number of benzene rings is 1. The lowest BCUT2D eigenvalue weighted by atomic mass is 10.2. The minimum Gasteiger partial charge on any atom is -0.331 e. The number of imidazole rings is 1. The molecular formula is C10H12N2S. The Hall–Kier alpha value is -1.09. The van der Waals surface area contributed by atoms with E-state index in [1.54, 1.807) is 0 Å². The van der Waals surface area contributed by atoms with Crippen LogP contribution in [-0.2, 0) is 6.54 Å². The maximum atomic E-state index is 5.20. The van der Waals surface area contributed by atoms with E-state index in [2.05, 4.69) is 41.6 Å². The van der Waals surface area contributed by atoms with Crippen LogP contribution in [0.25, 0.3) is 11.0 Å². The molecule has 0 fully saturated rings. The number of rotatable bonds is 1. The Kier molecular flexibility index (Phi) is 1.96. The molecule has 3 heteroatoms. The molecule has 0 amide bonds. The van der Waals surface area contributed by atoms with E-state index in [4.69, 9.17) is 12.2 Å². The normalized spacial score (nSPS) is 10.9. The number of hydrogen-bond donors (Lipinski definition) is 1. The van der Waals surface area contributed by atoms with Crippen LogP contribution in [0.4, 0.5) is 0 Å². The van der Waals surface area contributed by atoms with Crippen LogP contribution < -0.4 is 0 Å². The highest BCUT2D eigenvalue weighted by Crippen LogP contribution is 2.15. The minimum atomic E-state index is 0.808. The van der Waals surface area contributed by atoms with Crippen molar-refractivity contribution in [3.8, 4) is 0 Å². The fourth-order valence-electron chi connectivity index (χ4n) is 1.58. The predicted molar refractivity (Wildman–Crippen MR) is 57.5 cm³/mol. The van der Waals surface area contributed by atoms with E-state index in [1.165, 1.54) is 11.1 Å². The molecule has 1 aromatic carbocycles. The fraction of sp³-hybridized carbons (Fsp3) is 0.300. The highest BCUT2D eigenvalue weighted by atomic mass is 32.1. The van der Waals surface area contributed by atoms with Gasteiger partial charge in [-0.3, -0.25) is 0 Å². The van der Waals surface area contributed by atoms with Gasteiger partial charge in [-0.1, -0.05) is 6.07 Å². The average molecular weight is 192 g/mol. The molecule has 2 nitrogen and oxygen atoms in total. The van der Waals surface area contributed by atoms with Crippen molar-refractivity contribution in [2.75, 3.05) is 0 Å². The van der Waals surface area contributed by atoms with Gasteiger partial charge < -0.3 is 9.55 Å². The zero-order valence-corrected chi connectivity index (χ0v) is 8.61. The lowest BCUT2D eigenvalue weighted by molar-refractivity contribution is 0.774. The number of aromatic nitrogens is 2. The van der Waals surface area contributed by atoms with Crippen molar-refractivity contribution in [3.05, 3.63) is 28.5 Å².